The quantitative estimate of drug-likeness (QED) is 0.414. The standard InChI is InChI=1S/C25H22N2O4/c1-2-29-21-10-6-7-11-22(21)31-23-13-12-18(16-26-23)17-27-25(28)24-20(14-15-30-24)19-8-4-3-5-9-19/h3-16H,2,17H2,1H3,(H,27,28). The lowest BCUT2D eigenvalue weighted by Crippen LogP contribution is -2.22. The van der Waals surface area contributed by atoms with Gasteiger partial charge in [0.15, 0.2) is 17.3 Å². The zero-order valence-electron chi connectivity index (χ0n) is 17.1. The number of benzene rings is 2. The van der Waals surface area contributed by atoms with E-state index >= 15 is 0 Å². The number of para-hydroxylation sites is 2. The number of nitrogens with zero attached hydrogens (tertiary/aromatic N) is 1. The molecule has 2 aromatic carbocycles. The summed E-state index contributed by atoms with van der Waals surface area (Å²) in [5.74, 6) is 1.71. The van der Waals surface area contributed by atoms with Gasteiger partial charge in [-0.2, -0.15) is 0 Å². The van der Waals surface area contributed by atoms with Crippen LogP contribution in [0.3, 0.4) is 0 Å². The van der Waals surface area contributed by atoms with Crippen LogP contribution in [-0.2, 0) is 6.54 Å². The van der Waals surface area contributed by atoms with E-state index in [0.717, 1.165) is 16.7 Å². The van der Waals surface area contributed by atoms with Crippen LogP contribution in [0, 0.1) is 0 Å². The number of carbonyl (C=O) groups is 1. The molecule has 0 radical (unpaired) electrons. The number of aromatic nitrogens is 1. The van der Waals surface area contributed by atoms with E-state index in [0.29, 0.717) is 30.5 Å². The fraction of sp³-hybridized carbons (Fsp3) is 0.120. The van der Waals surface area contributed by atoms with Gasteiger partial charge in [0.2, 0.25) is 5.88 Å². The van der Waals surface area contributed by atoms with Crippen LogP contribution in [-0.4, -0.2) is 17.5 Å². The van der Waals surface area contributed by atoms with Crippen LogP contribution in [0.2, 0.25) is 0 Å². The van der Waals surface area contributed by atoms with Gasteiger partial charge in [-0.3, -0.25) is 4.79 Å². The Balaban J connectivity index is 1.38. The first-order chi connectivity index (χ1) is 15.2. The van der Waals surface area contributed by atoms with Crippen LogP contribution >= 0.6 is 0 Å². The number of pyridine rings is 1. The van der Waals surface area contributed by atoms with E-state index in [1.807, 2.05) is 67.6 Å². The molecule has 0 aliphatic heterocycles. The first-order valence-corrected chi connectivity index (χ1v) is 10.0. The van der Waals surface area contributed by atoms with Crippen molar-refractivity contribution < 1.29 is 18.7 Å². The average molecular weight is 414 g/mol. The molecule has 156 valence electrons. The lowest BCUT2D eigenvalue weighted by molar-refractivity contribution is 0.0924. The molecule has 2 aromatic heterocycles. The van der Waals surface area contributed by atoms with Crippen molar-refractivity contribution in [2.45, 2.75) is 13.5 Å². The third-order valence-electron chi connectivity index (χ3n) is 4.57. The average Bonchev–Trinajstić information content (AvgIpc) is 3.31. The van der Waals surface area contributed by atoms with Crippen LogP contribution < -0.4 is 14.8 Å². The van der Waals surface area contributed by atoms with Crippen molar-refractivity contribution in [3.05, 3.63) is 96.6 Å². The Labute approximate surface area is 180 Å². The Bertz CT molecular complexity index is 1140. The maximum atomic E-state index is 12.6. The number of carbonyl (C=O) groups excluding carboxylic acids is 1. The van der Waals surface area contributed by atoms with Gasteiger partial charge >= 0.3 is 0 Å². The van der Waals surface area contributed by atoms with Crippen molar-refractivity contribution >= 4 is 5.91 Å². The number of hydrogen-bond donors (Lipinski definition) is 1. The third kappa shape index (κ3) is 4.93. The van der Waals surface area contributed by atoms with Crippen LogP contribution in [0.25, 0.3) is 11.1 Å². The molecule has 0 aliphatic carbocycles. The van der Waals surface area contributed by atoms with Gasteiger partial charge in [-0.1, -0.05) is 48.5 Å². The van der Waals surface area contributed by atoms with Crippen molar-refractivity contribution in [3.63, 3.8) is 0 Å². The highest BCUT2D eigenvalue weighted by Gasteiger charge is 2.16. The molecule has 0 aliphatic rings. The fourth-order valence-corrected chi connectivity index (χ4v) is 3.09. The highest BCUT2D eigenvalue weighted by molar-refractivity contribution is 5.98. The first-order valence-electron chi connectivity index (χ1n) is 10.0. The van der Waals surface area contributed by atoms with Gasteiger partial charge in [0.25, 0.3) is 5.91 Å². The summed E-state index contributed by atoms with van der Waals surface area (Å²) in [5.41, 5.74) is 2.52. The molecule has 0 spiro atoms. The van der Waals surface area contributed by atoms with E-state index in [4.69, 9.17) is 13.9 Å². The van der Waals surface area contributed by atoms with Gasteiger partial charge in [0, 0.05) is 24.4 Å². The number of rotatable bonds is 8. The molecule has 0 bridgehead atoms. The second-order valence-electron chi connectivity index (χ2n) is 6.70. The van der Waals surface area contributed by atoms with E-state index in [9.17, 15) is 4.79 Å². The molecule has 0 atom stereocenters. The molecule has 2 heterocycles. The normalized spacial score (nSPS) is 10.5. The molecule has 0 unspecified atom stereocenters. The smallest absolute Gasteiger partial charge is 0.287 e. The Morgan fingerprint density at radius 2 is 1.74 bits per heavy atom. The number of nitrogens with one attached hydrogen (secondary N) is 1. The predicted molar refractivity (Wildman–Crippen MR) is 117 cm³/mol. The van der Waals surface area contributed by atoms with E-state index < -0.39 is 0 Å². The van der Waals surface area contributed by atoms with Crippen molar-refractivity contribution in [1.82, 2.24) is 10.3 Å². The van der Waals surface area contributed by atoms with Gasteiger partial charge in [0.1, 0.15) is 0 Å². The molecular formula is C25H22N2O4. The molecular weight excluding hydrogens is 392 g/mol. The fourth-order valence-electron chi connectivity index (χ4n) is 3.09. The third-order valence-corrected chi connectivity index (χ3v) is 4.57. The highest BCUT2D eigenvalue weighted by atomic mass is 16.5. The minimum atomic E-state index is -0.283. The summed E-state index contributed by atoms with van der Waals surface area (Å²) in [7, 11) is 0. The first kappa shape index (κ1) is 20.2. The number of ether oxygens (including phenoxy) is 2. The van der Waals surface area contributed by atoms with Crippen LogP contribution in [0.1, 0.15) is 23.0 Å². The number of hydrogen-bond acceptors (Lipinski definition) is 5. The summed E-state index contributed by atoms with van der Waals surface area (Å²) in [4.78, 5) is 16.9. The Kier molecular flexibility index (Phi) is 6.28. The molecule has 0 fully saturated rings. The van der Waals surface area contributed by atoms with Crippen LogP contribution in [0.4, 0.5) is 0 Å². The van der Waals surface area contributed by atoms with E-state index in [2.05, 4.69) is 10.3 Å². The van der Waals surface area contributed by atoms with E-state index in [1.54, 1.807) is 18.3 Å². The summed E-state index contributed by atoms with van der Waals surface area (Å²) in [6.45, 7) is 2.79. The topological polar surface area (TPSA) is 73.6 Å². The van der Waals surface area contributed by atoms with E-state index in [1.165, 1.54) is 6.26 Å². The summed E-state index contributed by atoms with van der Waals surface area (Å²) in [6, 6.07) is 22.5. The second kappa shape index (κ2) is 9.63. The molecule has 1 N–H and O–H groups in total. The molecule has 6 nitrogen and oxygen atoms in total. The predicted octanol–water partition coefficient (Wildman–Crippen LogP) is 5.46. The Hall–Kier alpha value is -4.06. The SMILES string of the molecule is CCOc1ccccc1Oc1ccc(CNC(=O)c2occc2-c2ccccc2)cn1. The van der Waals surface area contributed by atoms with Crippen LogP contribution in [0.5, 0.6) is 17.4 Å². The molecule has 0 saturated carbocycles. The van der Waals surface area contributed by atoms with Gasteiger partial charge in [-0.25, -0.2) is 4.98 Å². The van der Waals surface area contributed by atoms with Gasteiger partial charge < -0.3 is 19.2 Å². The molecule has 4 aromatic rings. The largest absolute Gasteiger partial charge is 0.490 e. The summed E-state index contributed by atoms with van der Waals surface area (Å²) >= 11 is 0. The summed E-state index contributed by atoms with van der Waals surface area (Å²) in [6.07, 6.45) is 3.18. The molecule has 31 heavy (non-hydrogen) atoms. The Morgan fingerprint density at radius 1 is 0.968 bits per heavy atom. The molecule has 1 amide bonds. The minimum absolute atomic E-state index is 0.283. The monoisotopic (exact) mass is 414 g/mol. The van der Waals surface area contributed by atoms with Gasteiger partial charge in [-0.05, 0) is 36.2 Å². The van der Waals surface area contributed by atoms with Crippen molar-refractivity contribution in [2.75, 3.05) is 6.61 Å². The number of furan rings is 1. The van der Waals surface area contributed by atoms with Crippen LogP contribution in [0.15, 0.2) is 89.7 Å². The molecule has 0 saturated heterocycles. The van der Waals surface area contributed by atoms with Gasteiger partial charge in [-0.15, -0.1) is 0 Å². The number of amides is 1. The summed E-state index contributed by atoms with van der Waals surface area (Å²) in [5, 5.41) is 2.87. The van der Waals surface area contributed by atoms with E-state index in [-0.39, 0.29) is 11.7 Å². The molecule has 6 heteroatoms. The maximum absolute atomic E-state index is 12.6. The van der Waals surface area contributed by atoms with Gasteiger partial charge in [0.05, 0.1) is 12.9 Å². The zero-order chi connectivity index (χ0) is 21.5. The second-order valence-corrected chi connectivity index (χ2v) is 6.70. The Morgan fingerprint density at radius 3 is 2.48 bits per heavy atom. The highest BCUT2D eigenvalue weighted by Crippen LogP contribution is 2.30. The maximum Gasteiger partial charge on any atom is 0.287 e. The zero-order valence-corrected chi connectivity index (χ0v) is 17.1. The lowest BCUT2D eigenvalue weighted by atomic mass is 10.1. The van der Waals surface area contributed by atoms with Crippen molar-refractivity contribution in [1.29, 1.82) is 0 Å². The van der Waals surface area contributed by atoms with Crippen molar-refractivity contribution in [3.8, 4) is 28.5 Å². The summed E-state index contributed by atoms with van der Waals surface area (Å²) < 4.78 is 16.8. The van der Waals surface area contributed by atoms with Crippen molar-refractivity contribution in [2.24, 2.45) is 0 Å². The lowest BCUT2D eigenvalue weighted by Gasteiger charge is -2.11. The molecule has 4 rings (SSSR count). The minimum Gasteiger partial charge on any atom is -0.490 e.